The number of benzene rings is 2. The lowest BCUT2D eigenvalue weighted by atomic mass is 10.1. The Morgan fingerprint density at radius 3 is 2.55 bits per heavy atom. The summed E-state index contributed by atoms with van der Waals surface area (Å²) in [4.78, 5) is 0. The van der Waals surface area contributed by atoms with Gasteiger partial charge in [0.05, 0.1) is 5.69 Å². The van der Waals surface area contributed by atoms with Crippen molar-refractivity contribution in [2.24, 2.45) is 0 Å². The lowest BCUT2D eigenvalue weighted by molar-refractivity contribution is 0.791. The number of halogens is 2. The maximum atomic E-state index is 5.98. The molecule has 0 fully saturated rings. The standard InChI is InChI=1S/C13H9BrClN5/c14-8-1-4-10(5-2-8)20-13(17-18-19-20)11-6-3-9(15)7-12(11)16/h1-7H,16H2. The third-order valence-electron chi connectivity index (χ3n) is 2.80. The van der Waals surface area contributed by atoms with Crippen molar-refractivity contribution in [1.29, 1.82) is 0 Å². The Balaban J connectivity index is 2.12. The molecule has 1 heterocycles. The first-order valence-electron chi connectivity index (χ1n) is 5.75. The van der Waals surface area contributed by atoms with Gasteiger partial charge in [-0.25, -0.2) is 0 Å². The number of nitrogens with zero attached hydrogens (tertiary/aromatic N) is 4. The molecule has 0 aliphatic carbocycles. The van der Waals surface area contributed by atoms with Crippen LogP contribution in [0.4, 0.5) is 5.69 Å². The number of rotatable bonds is 2. The maximum absolute atomic E-state index is 5.98. The van der Waals surface area contributed by atoms with E-state index in [4.69, 9.17) is 17.3 Å². The van der Waals surface area contributed by atoms with Crippen LogP contribution in [0.2, 0.25) is 5.02 Å². The Hall–Kier alpha value is -1.92. The van der Waals surface area contributed by atoms with Crippen molar-refractivity contribution in [1.82, 2.24) is 20.2 Å². The maximum Gasteiger partial charge on any atom is 0.189 e. The number of nitrogens with two attached hydrogens (primary N) is 1. The van der Waals surface area contributed by atoms with Crippen molar-refractivity contribution in [2.75, 3.05) is 5.73 Å². The van der Waals surface area contributed by atoms with Crippen LogP contribution >= 0.6 is 27.5 Å². The summed E-state index contributed by atoms with van der Waals surface area (Å²) >= 11 is 9.31. The number of nitrogen functional groups attached to an aromatic ring is 1. The van der Waals surface area contributed by atoms with Gasteiger partial charge in [0.25, 0.3) is 0 Å². The van der Waals surface area contributed by atoms with Crippen molar-refractivity contribution < 1.29 is 0 Å². The van der Waals surface area contributed by atoms with Gasteiger partial charge in [0, 0.05) is 20.7 Å². The number of anilines is 1. The van der Waals surface area contributed by atoms with Crippen LogP contribution in [0.3, 0.4) is 0 Å². The van der Waals surface area contributed by atoms with Crippen molar-refractivity contribution >= 4 is 33.2 Å². The molecule has 0 saturated carbocycles. The largest absolute Gasteiger partial charge is 0.398 e. The summed E-state index contributed by atoms with van der Waals surface area (Å²) in [6, 6.07) is 12.9. The summed E-state index contributed by atoms with van der Waals surface area (Å²) < 4.78 is 2.62. The molecule has 0 bridgehead atoms. The van der Waals surface area contributed by atoms with Gasteiger partial charge in [-0.3, -0.25) is 0 Å². The second-order valence-corrected chi connectivity index (χ2v) is 5.47. The molecule has 0 aliphatic rings. The van der Waals surface area contributed by atoms with Crippen LogP contribution in [0.1, 0.15) is 0 Å². The molecule has 0 radical (unpaired) electrons. The molecule has 7 heteroatoms. The van der Waals surface area contributed by atoms with Crippen molar-refractivity contribution in [3.63, 3.8) is 0 Å². The van der Waals surface area contributed by atoms with E-state index in [-0.39, 0.29) is 0 Å². The molecule has 2 aromatic carbocycles. The number of tetrazole rings is 1. The molecule has 3 aromatic rings. The number of aromatic nitrogens is 4. The molecule has 2 N–H and O–H groups in total. The molecule has 100 valence electrons. The fourth-order valence-corrected chi connectivity index (χ4v) is 2.29. The predicted octanol–water partition coefficient (Wildman–Crippen LogP) is 3.33. The molecular formula is C13H9BrClN5. The Labute approximate surface area is 128 Å². The first-order chi connectivity index (χ1) is 9.65. The minimum absolute atomic E-state index is 0.533. The minimum Gasteiger partial charge on any atom is -0.398 e. The van der Waals surface area contributed by atoms with E-state index >= 15 is 0 Å². The Morgan fingerprint density at radius 1 is 1.10 bits per heavy atom. The van der Waals surface area contributed by atoms with Gasteiger partial charge in [-0.1, -0.05) is 27.5 Å². The van der Waals surface area contributed by atoms with Gasteiger partial charge in [0.2, 0.25) is 0 Å². The highest BCUT2D eigenvalue weighted by Gasteiger charge is 2.13. The van der Waals surface area contributed by atoms with Gasteiger partial charge >= 0.3 is 0 Å². The quantitative estimate of drug-likeness (QED) is 0.720. The van der Waals surface area contributed by atoms with Crippen LogP contribution < -0.4 is 5.73 Å². The zero-order valence-electron chi connectivity index (χ0n) is 10.2. The van der Waals surface area contributed by atoms with Crippen LogP contribution in [0, 0.1) is 0 Å². The van der Waals surface area contributed by atoms with Crippen LogP contribution in [-0.2, 0) is 0 Å². The fraction of sp³-hybridized carbons (Fsp3) is 0. The smallest absolute Gasteiger partial charge is 0.189 e. The highest BCUT2D eigenvalue weighted by molar-refractivity contribution is 9.10. The first kappa shape index (κ1) is 13.1. The normalized spacial score (nSPS) is 10.7. The third kappa shape index (κ3) is 2.39. The predicted molar refractivity (Wildman–Crippen MR) is 81.7 cm³/mol. The van der Waals surface area contributed by atoms with Crippen molar-refractivity contribution in [3.05, 3.63) is 52.0 Å². The van der Waals surface area contributed by atoms with E-state index in [9.17, 15) is 0 Å². The van der Waals surface area contributed by atoms with Gasteiger partial charge in [-0.05, 0) is 52.9 Å². The third-order valence-corrected chi connectivity index (χ3v) is 3.56. The Kier molecular flexibility index (Phi) is 3.42. The van der Waals surface area contributed by atoms with Crippen LogP contribution in [0.15, 0.2) is 46.9 Å². The summed E-state index contributed by atoms with van der Waals surface area (Å²) in [5, 5.41) is 12.4. The molecule has 0 spiro atoms. The first-order valence-corrected chi connectivity index (χ1v) is 6.92. The summed E-state index contributed by atoms with van der Waals surface area (Å²) in [6.07, 6.45) is 0. The van der Waals surface area contributed by atoms with Crippen LogP contribution in [0.25, 0.3) is 17.1 Å². The van der Waals surface area contributed by atoms with E-state index in [1.807, 2.05) is 24.3 Å². The minimum atomic E-state index is 0.533. The van der Waals surface area contributed by atoms with Gasteiger partial charge in [0.1, 0.15) is 0 Å². The lowest BCUT2D eigenvalue weighted by Gasteiger charge is -2.07. The average molecular weight is 351 g/mol. The summed E-state index contributed by atoms with van der Waals surface area (Å²) in [7, 11) is 0. The SMILES string of the molecule is Nc1cc(Cl)ccc1-c1nnnn1-c1ccc(Br)cc1. The Morgan fingerprint density at radius 2 is 1.85 bits per heavy atom. The second-order valence-electron chi connectivity index (χ2n) is 4.12. The molecule has 0 aliphatic heterocycles. The van der Waals surface area contributed by atoms with E-state index in [2.05, 4.69) is 31.5 Å². The molecule has 20 heavy (non-hydrogen) atoms. The summed E-state index contributed by atoms with van der Waals surface area (Å²) in [5.41, 5.74) is 8.10. The van der Waals surface area contributed by atoms with E-state index in [1.54, 1.807) is 22.9 Å². The number of hydrogen-bond donors (Lipinski definition) is 1. The molecule has 0 atom stereocenters. The van der Waals surface area contributed by atoms with Crippen LogP contribution in [0.5, 0.6) is 0 Å². The highest BCUT2D eigenvalue weighted by atomic mass is 79.9. The monoisotopic (exact) mass is 349 g/mol. The van der Waals surface area contributed by atoms with E-state index < -0.39 is 0 Å². The average Bonchev–Trinajstić information content (AvgIpc) is 2.88. The van der Waals surface area contributed by atoms with Crippen molar-refractivity contribution in [2.45, 2.75) is 0 Å². The van der Waals surface area contributed by atoms with Gasteiger partial charge in [-0.15, -0.1) is 5.10 Å². The van der Waals surface area contributed by atoms with Gasteiger partial charge in [0.15, 0.2) is 5.82 Å². The molecule has 0 saturated heterocycles. The molecule has 5 nitrogen and oxygen atoms in total. The summed E-state index contributed by atoms with van der Waals surface area (Å²) in [5.74, 6) is 0.571. The van der Waals surface area contributed by atoms with Gasteiger partial charge in [-0.2, -0.15) is 4.68 Å². The summed E-state index contributed by atoms with van der Waals surface area (Å²) in [6.45, 7) is 0. The van der Waals surface area contributed by atoms with E-state index in [0.717, 1.165) is 15.7 Å². The van der Waals surface area contributed by atoms with Gasteiger partial charge < -0.3 is 5.73 Å². The molecule has 1 aromatic heterocycles. The zero-order chi connectivity index (χ0) is 14.1. The Bertz CT molecular complexity index is 754. The molecule has 3 rings (SSSR count). The lowest BCUT2D eigenvalue weighted by Crippen LogP contribution is -2.01. The molecular weight excluding hydrogens is 342 g/mol. The second kappa shape index (κ2) is 5.22. The van der Waals surface area contributed by atoms with Crippen molar-refractivity contribution in [3.8, 4) is 17.1 Å². The van der Waals surface area contributed by atoms with E-state index in [0.29, 0.717) is 16.5 Å². The fourth-order valence-electron chi connectivity index (χ4n) is 1.85. The van der Waals surface area contributed by atoms with Crippen LogP contribution in [-0.4, -0.2) is 20.2 Å². The topological polar surface area (TPSA) is 69.6 Å². The molecule has 0 unspecified atom stereocenters. The number of hydrogen-bond acceptors (Lipinski definition) is 4. The zero-order valence-corrected chi connectivity index (χ0v) is 12.5. The molecule has 0 amide bonds. The van der Waals surface area contributed by atoms with E-state index in [1.165, 1.54) is 0 Å². The highest BCUT2D eigenvalue weighted by Crippen LogP contribution is 2.28.